The molecule has 1 unspecified atom stereocenters. The number of rotatable bonds is 6. The predicted octanol–water partition coefficient (Wildman–Crippen LogP) is 3.26. The van der Waals surface area contributed by atoms with Crippen molar-refractivity contribution in [3.63, 3.8) is 0 Å². The average Bonchev–Trinajstić information content (AvgIpc) is 2.53. The lowest BCUT2D eigenvalue weighted by molar-refractivity contribution is 0.386. The molecule has 4 heteroatoms. The molecule has 0 aliphatic carbocycles. The van der Waals surface area contributed by atoms with Crippen LogP contribution in [0.5, 0.6) is 17.2 Å². The Balaban J connectivity index is 2.05. The fraction of sp³-hybridized carbons (Fsp3) is 0.294. The Labute approximate surface area is 125 Å². The van der Waals surface area contributed by atoms with Gasteiger partial charge in [-0.1, -0.05) is 18.2 Å². The van der Waals surface area contributed by atoms with Gasteiger partial charge in [0, 0.05) is 24.2 Å². The first-order chi connectivity index (χ1) is 10.1. The van der Waals surface area contributed by atoms with Crippen molar-refractivity contribution in [3.8, 4) is 17.2 Å². The summed E-state index contributed by atoms with van der Waals surface area (Å²) in [6, 6.07) is 13.1. The van der Waals surface area contributed by atoms with Crippen LogP contribution in [-0.2, 0) is 6.54 Å². The summed E-state index contributed by atoms with van der Waals surface area (Å²) in [6.07, 6.45) is 0. The highest BCUT2D eigenvalue weighted by Gasteiger charge is 2.12. The molecule has 0 saturated carbocycles. The van der Waals surface area contributed by atoms with Crippen LogP contribution in [0.3, 0.4) is 0 Å². The number of benzene rings is 2. The fourth-order valence-electron chi connectivity index (χ4n) is 2.17. The van der Waals surface area contributed by atoms with Crippen molar-refractivity contribution in [1.82, 2.24) is 5.32 Å². The van der Waals surface area contributed by atoms with Crippen molar-refractivity contribution < 1.29 is 14.6 Å². The largest absolute Gasteiger partial charge is 0.508 e. The first-order valence-electron chi connectivity index (χ1n) is 6.87. The van der Waals surface area contributed by atoms with Gasteiger partial charge in [-0.2, -0.15) is 0 Å². The van der Waals surface area contributed by atoms with Crippen LogP contribution in [-0.4, -0.2) is 19.3 Å². The van der Waals surface area contributed by atoms with E-state index >= 15 is 0 Å². The number of aromatic hydroxyl groups is 1. The van der Waals surface area contributed by atoms with Gasteiger partial charge in [0.1, 0.15) is 17.2 Å². The van der Waals surface area contributed by atoms with Crippen LogP contribution < -0.4 is 14.8 Å². The second-order valence-electron chi connectivity index (χ2n) is 4.88. The minimum atomic E-state index is 0.139. The van der Waals surface area contributed by atoms with E-state index in [2.05, 4.69) is 12.2 Å². The Morgan fingerprint density at radius 3 is 2.38 bits per heavy atom. The van der Waals surface area contributed by atoms with Crippen LogP contribution in [0, 0.1) is 0 Å². The van der Waals surface area contributed by atoms with E-state index in [-0.39, 0.29) is 11.8 Å². The molecule has 2 aromatic carbocycles. The third-order valence-electron chi connectivity index (χ3n) is 3.46. The van der Waals surface area contributed by atoms with Crippen LogP contribution in [0.2, 0.25) is 0 Å². The van der Waals surface area contributed by atoms with Gasteiger partial charge in [-0.15, -0.1) is 0 Å². The molecule has 0 aromatic heterocycles. The van der Waals surface area contributed by atoms with Gasteiger partial charge >= 0.3 is 0 Å². The highest BCUT2D eigenvalue weighted by atomic mass is 16.5. The monoisotopic (exact) mass is 287 g/mol. The lowest BCUT2D eigenvalue weighted by Crippen LogP contribution is -2.18. The Kier molecular flexibility index (Phi) is 5.06. The van der Waals surface area contributed by atoms with E-state index in [0.717, 1.165) is 29.2 Å². The summed E-state index contributed by atoms with van der Waals surface area (Å²) in [6.45, 7) is 2.81. The molecule has 0 aliphatic heterocycles. The Morgan fingerprint density at radius 2 is 1.76 bits per heavy atom. The van der Waals surface area contributed by atoms with Crippen LogP contribution in [0.25, 0.3) is 0 Å². The molecule has 0 bridgehead atoms. The first kappa shape index (κ1) is 15.2. The fourth-order valence-corrected chi connectivity index (χ4v) is 2.17. The number of hydrogen-bond acceptors (Lipinski definition) is 4. The van der Waals surface area contributed by atoms with Crippen molar-refractivity contribution in [1.29, 1.82) is 0 Å². The summed E-state index contributed by atoms with van der Waals surface area (Å²) < 4.78 is 10.6. The van der Waals surface area contributed by atoms with Crippen LogP contribution in [0.4, 0.5) is 0 Å². The number of phenols is 1. The van der Waals surface area contributed by atoms with Gasteiger partial charge in [-0.25, -0.2) is 0 Å². The number of hydrogen-bond donors (Lipinski definition) is 2. The molecule has 2 rings (SSSR count). The summed E-state index contributed by atoms with van der Waals surface area (Å²) in [4.78, 5) is 0. The number of phenolic OH excluding ortho intramolecular Hbond substituents is 1. The highest BCUT2D eigenvalue weighted by Crippen LogP contribution is 2.29. The Hall–Kier alpha value is -2.20. The van der Waals surface area contributed by atoms with Gasteiger partial charge in [0.25, 0.3) is 0 Å². The van der Waals surface area contributed by atoms with E-state index < -0.39 is 0 Å². The molecule has 0 saturated heterocycles. The summed E-state index contributed by atoms with van der Waals surface area (Å²) in [7, 11) is 3.30. The van der Waals surface area contributed by atoms with Crippen molar-refractivity contribution in [2.75, 3.05) is 14.2 Å². The normalized spacial score (nSPS) is 12.0. The van der Waals surface area contributed by atoms with E-state index in [1.807, 2.05) is 30.3 Å². The second kappa shape index (κ2) is 6.99. The zero-order chi connectivity index (χ0) is 15.2. The quantitative estimate of drug-likeness (QED) is 0.856. The van der Waals surface area contributed by atoms with Crippen molar-refractivity contribution >= 4 is 0 Å². The number of ether oxygens (including phenoxy) is 2. The highest BCUT2D eigenvalue weighted by molar-refractivity contribution is 5.42. The molecule has 0 amide bonds. The summed E-state index contributed by atoms with van der Waals surface area (Å²) in [5.74, 6) is 1.87. The number of methoxy groups -OCH3 is 2. The minimum Gasteiger partial charge on any atom is -0.508 e. The molecule has 2 N–H and O–H groups in total. The maximum Gasteiger partial charge on any atom is 0.127 e. The standard InChI is InChI=1S/C17H21NO3/c1-12(18-11-13-4-6-14(19)7-5-13)16-9-8-15(20-2)10-17(16)21-3/h4-10,12,18-19H,11H2,1-3H3. The first-order valence-corrected chi connectivity index (χ1v) is 6.87. The van der Waals surface area contributed by atoms with E-state index in [1.54, 1.807) is 26.4 Å². The lowest BCUT2D eigenvalue weighted by Gasteiger charge is -2.18. The van der Waals surface area contributed by atoms with Crippen molar-refractivity contribution in [3.05, 3.63) is 53.6 Å². The van der Waals surface area contributed by atoms with Crippen molar-refractivity contribution in [2.45, 2.75) is 19.5 Å². The summed E-state index contributed by atoms with van der Waals surface area (Å²) in [5.41, 5.74) is 2.20. The van der Waals surface area contributed by atoms with Crippen LogP contribution >= 0.6 is 0 Å². The summed E-state index contributed by atoms with van der Waals surface area (Å²) in [5, 5.41) is 12.7. The molecule has 112 valence electrons. The zero-order valence-electron chi connectivity index (χ0n) is 12.6. The SMILES string of the molecule is COc1ccc(C(C)NCc2ccc(O)cc2)c(OC)c1. The van der Waals surface area contributed by atoms with E-state index in [9.17, 15) is 5.11 Å². The van der Waals surface area contributed by atoms with Gasteiger partial charge in [0.05, 0.1) is 14.2 Å². The third-order valence-corrected chi connectivity index (χ3v) is 3.46. The molecule has 21 heavy (non-hydrogen) atoms. The molecular weight excluding hydrogens is 266 g/mol. The molecule has 0 spiro atoms. The van der Waals surface area contributed by atoms with Crippen LogP contribution in [0.15, 0.2) is 42.5 Å². The Morgan fingerprint density at radius 1 is 1.05 bits per heavy atom. The molecule has 0 heterocycles. The molecule has 2 aromatic rings. The number of nitrogens with one attached hydrogen (secondary N) is 1. The van der Waals surface area contributed by atoms with E-state index in [1.165, 1.54) is 0 Å². The zero-order valence-corrected chi connectivity index (χ0v) is 12.6. The smallest absolute Gasteiger partial charge is 0.127 e. The molecule has 1 atom stereocenters. The maximum absolute atomic E-state index is 9.28. The van der Waals surface area contributed by atoms with Gasteiger partial charge < -0.3 is 19.9 Å². The van der Waals surface area contributed by atoms with Crippen LogP contribution in [0.1, 0.15) is 24.1 Å². The Bertz CT molecular complexity index is 581. The molecule has 0 radical (unpaired) electrons. The molecule has 0 fully saturated rings. The van der Waals surface area contributed by atoms with Gasteiger partial charge in [-0.05, 0) is 30.7 Å². The van der Waals surface area contributed by atoms with Gasteiger partial charge in [0.15, 0.2) is 0 Å². The molecule has 4 nitrogen and oxygen atoms in total. The second-order valence-corrected chi connectivity index (χ2v) is 4.88. The minimum absolute atomic E-state index is 0.139. The summed E-state index contributed by atoms with van der Waals surface area (Å²) >= 11 is 0. The predicted molar refractivity (Wildman–Crippen MR) is 82.9 cm³/mol. The van der Waals surface area contributed by atoms with E-state index in [0.29, 0.717) is 0 Å². The maximum atomic E-state index is 9.28. The topological polar surface area (TPSA) is 50.7 Å². The third kappa shape index (κ3) is 3.89. The average molecular weight is 287 g/mol. The van der Waals surface area contributed by atoms with E-state index in [4.69, 9.17) is 9.47 Å². The lowest BCUT2D eigenvalue weighted by atomic mass is 10.1. The van der Waals surface area contributed by atoms with Gasteiger partial charge in [-0.3, -0.25) is 0 Å². The molecule has 0 aliphatic rings. The van der Waals surface area contributed by atoms with Gasteiger partial charge in [0.2, 0.25) is 0 Å². The van der Waals surface area contributed by atoms with Crippen molar-refractivity contribution in [2.24, 2.45) is 0 Å². The molecular formula is C17H21NO3.